The van der Waals surface area contributed by atoms with Crippen molar-refractivity contribution in [2.24, 2.45) is 0 Å². The van der Waals surface area contributed by atoms with Crippen LogP contribution in [0, 0.1) is 19.7 Å². The highest BCUT2D eigenvalue weighted by molar-refractivity contribution is 5.94. The van der Waals surface area contributed by atoms with Crippen LogP contribution in [-0.2, 0) is 11.3 Å². The molecule has 0 unspecified atom stereocenters. The summed E-state index contributed by atoms with van der Waals surface area (Å²) in [7, 11) is 1.59. The summed E-state index contributed by atoms with van der Waals surface area (Å²) in [6.07, 6.45) is 0. The molecule has 2 N–H and O–H groups in total. The van der Waals surface area contributed by atoms with E-state index in [1.54, 1.807) is 11.8 Å². The fraction of sp³-hybridized carbons (Fsp3) is 0.250. The van der Waals surface area contributed by atoms with Crippen molar-refractivity contribution in [3.8, 4) is 5.69 Å². The number of hydrogen-bond acceptors (Lipinski definition) is 6. The standard InChI is InChI=1S/C24H25FN6O2/c1-15-4-10-19(11-5-15)31-23-21(16(2)30-31)22(28-20(29-23)14-33-3)26-12-13-27-24(32)17-6-8-18(25)9-7-17/h4-11H,12-14H2,1-3H3,(H,27,32)(H,26,28,29). The topological polar surface area (TPSA) is 94.0 Å². The molecule has 0 aliphatic carbocycles. The van der Waals surface area contributed by atoms with Crippen molar-refractivity contribution in [3.05, 3.63) is 77.0 Å². The molecular weight excluding hydrogens is 423 g/mol. The number of nitrogens with one attached hydrogen (secondary N) is 2. The summed E-state index contributed by atoms with van der Waals surface area (Å²) in [5.41, 5.74) is 3.92. The minimum Gasteiger partial charge on any atom is -0.377 e. The Labute approximate surface area is 190 Å². The number of ether oxygens (including phenoxy) is 1. The second-order valence-electron chi connectivity index (χ2n) is 7.64. The Morgan fingerprint density at radius 1 is 1.03 bits per heavy atom. The smallest absolute Gasteiger partial charge is 0.251 e. The van der Waals surface area contributed by atoms with E-state index in [2.05, 4.69) is 25.7 Å². The molecule has 0 bridgehead atoms. The minimum absolute atomic E-state index is 0.254. The summed E-state index contributed by atoms with van der Waals surface area (Å²) >= 11 is 0. The first-order valence-electron chi connectivity index (χ1n) is 10.6. The molecule has 0 saturated heterocycles. The van der Waals surface area contributed by atoms with Crippen LogP contribution in [0.1, 0.15) is 27.4 Å². The second-order valence-corrected chi connectivity index (χ2v) is 7.64. The van der Waals surface area contributed by atoms with Crippen LogP contribution in [0.25, 0.3) is 16.7 Å². The van der Waals surface area contributed by atoms with Crippen LogP contribution in [0.4, 0.5) is 10.2 Å². The fourth-order valence-corrected chi connectivity index (χ4v) is 3.48. The Balaban J connectivity index is 1.55. The molecule has 0 atom stereocenters. The lowest BCUT2D eigenvalue weighted by Gasteiger charge is -2.11. The third-order valence-corrected chi connectivity index (χ3v) is 5.11. The van der Waals surface area contributed by atoms with Gasteiger partial charge in [0, 0.05) is 25.8 Å². The lowest BCUT2D eigenvalue weighted by Crippen LogP contribution is -2.29. The summed E-state index contributed by atoms with van der Waals surface area (Å²) in [4.78, 5) is 21.5. The average molecular weight is 449 g/mol. The SMILES string of the molecule is COCc1nc(NCCNC(=O)c2ccc(F)cc2)c2c(C)nn(-c3ccc(C)cc3)c2n1. The first-order chi connectivity index (χ1) is 16.0. The number of anilines is 1. The molecule has 1 amide bonds. The molecule has 4 rings (SSSR count). The van der Waals surface area contributed by atoms with Gasteiger partial charge in [0.2, 0.25) is 0 Å². The Morgan fingerprint density at radius 2 is 1.76 bits per heavy atom. The molecule has 8 nitrogen and oxygen atoms in total. The van der Waals surface area contributed by atoms with Crippen molar-refractivity contribution in [3.63, 3.8) is 0 Å². The van der Waals surface area contributed by atoms with E-state index < -0.39 is 0 Å². The molecule has 9 heteroatoms. The molecule has 0 saturated carbocycles. The third kappa shape index (κ3) is 4.98. The summed E-state index contributed by atoms with van der Waals surface area (Å²) in [6, 6.07) is 13.5. The van der Waals surface area contributed by atoms with Gasteiger partial charge in [-0.3, -0.25) is 4.79 Å². The van der Waals surface area contributed by atoms with Gasteiger partial charge in [-0.15, -0.1) is 0 Å². The Bertz CT molecular complexity index is 1270. The molecule has 0 spiro atoms. The first kappa shape index (κ1) is 22.3. The van der Waals surface area contributed by atoms with E-state index in [1.165, 1.54) is 24.3 Å². The van der Waals surface area contributed by atoms with Crippen LogP contribution in [0.3, 0.4) is 0 Å². The van der Waals surface area contributed by atoms with Gasteiger partial charge >= 0.3 is 0 Å². The molecular formula is C24H25FN6O2. The molecule has 170 valence electrons. The van der Waals surface area contributed by atoms with Gasteiger partial charge in [0.25, 0.3) is 5.91 Å². The predicted octanol–water partition coefficient (Wildman–Crippen LogP) is 3.56. The number of hydrogen-bond donors (Lipinski definition) is 2. The van der Waals surface area contributed by atoms with Crippen LogP contribution in [0.5, 0.6) is 0 Å². The maximum absolute atomic E-state index is 13.1. The van der Waals surface area contributed by atoms with Crippen LogP contribution in [0.15, 0.2) is 48.5 Å². The lowest BCUT2D eigenvalue weighted by molar-refractivity contribution is 0.0955. The van der Waals surface area contributed by atoms with Crippen LogP contribution < -0.4 is 10.6 Å². The van der Waals surface area contributed by atoms with Gasteiger partial charge in [0.15, 0.2) is 11.5 Å². The Kier molecular flexibility index (Phi) is 6.60. The van der Waals surface area contributed by atoms with Crippen LogP contribution in [0.2, 0.25) is 0 Å². The van der Waals surface area contributed by atoms with Gasteiger partial charge in [0.05, 0.1) is 16.8 Å². The molecule has 0 aliphatic rings. The normalized spacial score (nSPS) is 11.0. The molecule has 2 heterocycles. The summed E-state index contributed by atoms with van der Waals surface area (Å²) < 4.78 is 20.1. The van der Waals surface area contributed by atoms with Gasteiger partial charge in [-0.2, -0.15) is 5.10 Å². The number of aromatic nitrogens is 4. The second kappa shape index (κ2) is 9.74. The van der Waals surface area contributed by atoms with E-state index in [0.29, 0.717) is 35.9 Å². The highest BCUT2D eigenvalue weighted by Crippen LogP contribution is 2.26. The van der Waals surface area contributed by atoms with Crippen LogP contribution >= 0.6 is 0 Å². The van der Waals surface area contributed by atoms with Crippen molar-refractivity contribution in [2.75, 3.05) is 25.5 Å². The van der Waals surface area contributed by atoms with Crippen LogP contribution in [-0.4, -0.2) is 45.9 Å². The number of carbonyl (C=O) groups excluding carboxylic acids is 1. The monoisotopic (exact) mass is 448 g/mol. The van der Waals surface area contributed by atoms with Crippen molar-refractivity contribution in [2.45, 2.75) is 20.5 Å². The van der Waals surface area contributed by atoms with Gasteiger partial charge < -0.3 is 15.4 Å². The molecule has 0 aliphatic heterocycles. The molecule has 2 aromatic carbocycles. The average Bonchev–Trinajstić information content (AvgIpc) is 3.14. The van der Waals surface area contributed by atoms with E-state index in [9.17, 15) is 9.18 Å². The summed E-state index contributed by atoms with van der Waals surface area (Å²) in [5.74, 6) is 0.498. The highest BCUT2D eigenvalue weighted by atomic mass is 19.1. The lowest BCUT2D eigenvalue weighted by atomic mass is 10.2. The van der Waals surface area contributed by atoms with E-state index in [1.807, 2.05) is 38.1 Å². The number of carbonyl (C=O) groups is 1. The fourth-order valence-electron chi connectivity index (χ4n) is 3.48. The van der Waals surface area contributed by atoms with Crippen molar-refractivity contribution >= 4 is 22.8 Å². The number of nitrogens with zero attached hydrogens (tertiary/aromatic N) is 4. The first-order valence-corrected chi connectivity index (χ1v) is 10.6. The third-order valence-electron chi connectivity index (χ3n) is 5.11. The number of benzene rings is 2. The number of rotatable bonds is 8. The molecule has 0 radical (unpaired) electrons. The van der Waals surface area contributed by atoms with E-state index in [-0.39, 0.29) is 18.3 Å². The van der Waals surface area contributed by atoms with Crippen molar-refractivity contribution in [1.82, 2.24) is 25.1 Å². The zero-order chi connectivity index (χ0) is 23.4. The zero-order valence-corrected chi connectivity index (χ0v) is 18.7. The van der Waals surface area contributed by atoms with Crippen molar-refractivity contribution in [1.29, 1.82) is 0 Å². The summed E-state index contributed by atoms with van der Waals surface area (Å²) in [5, 5.41) is 11.6. The molecule has 33 heavy (non-hydrogen) atoms. The van der Waals surface area contributed by atoms with Crippen molar-refractivity contribution < 1.29 is 13.9 Å². The highest BCUT2D eigenvalue weighted by Gasteiger charge is 2.17. The molecule has 2 aromatic heterocycles. The minimum atomic E-state index is -0.380. The predicted molar refractivity (Wildman–Crippen MR) is 124 cm³/mol. The molecule has 4 aromatic rings. The summed E-state index contributed by atoms with van der Waals surface area (Å²) in [6.45, 7) is 4.98. The number of halogens is 1. The van der Waals surface area contributed by atoms with E-state index in [0.717, 1.165) is 22.3 Å². The Morgan fingerprint density at radius 3 is 2.45 bits per heavy atom. The van der Waals surface area contributed by atoms with Gasteiger partial charge in [0.1, 0.15) is 18.2 Å². The number of methoxy groups -OCH3 is 1. The molecule has 0 fully saturated rings. The largest absolute Gasteiger partial charge is 0.377 e. The van der Waals surface area contributed by atoms with Gasteiger partial charge in [-0.25, -0.2) is 19.0 Å². The van der Waals surface area contributed by atoms with E-state index in [4.69, 9.17) is 4.74 Å². The number of fused-ring (bicyclic) bond motifs is 1. The zero-order valence-electron chi connectivity index (χ0n) is 18.7. The maximum Gasteiger partial charge on any atom is 0.251 e. The van der Waals surface area contributed by atoms with E-state index >= 15 is 0 Å². The van der Waals surface area contributed by atoms with Gasteiger partial charge in [-0.05, 0) is 50.2 Å². The maximum atomic E-state index is 13.1. The number of amides is 1. The number of aryl methyl sites for hydroxylation is 2. The van der Waals surface area contributed by atoms with Gasteiger partial charge in [-0.1, -0.05) is 17.7 Å². The quantitative estimate of drug-likeness (QED) is 0.401. The Hall–Kier alpha value is -3.85.